The molecule has 0 N–H and O–H groups in total. The van der Waals surface area contributed by atoms with Gasteiger partial charge in [-0.15, -0.1) is 11.3 Å². The number of benzene rings is 10. The van der Waals surface area contributed by atoms with Crippen LogP contribution in [0.1, 0.15) is 0 Å². The van der Waals surface area contributed by atoms with Crippen LogP contribution in [0.4, 0.5) is 17.1 Å². The Morgan fingerprint density at radius 1 is 0.328 bits per heavy atom. The number of rotatable bonds is 7. The molecule has 0 saturated heterocycles. The maximum atomic E-state index is 6.16. The van der Waals surface area contributed by atoms with Crippen LogP contribution >= 0.6 is 11.3 Å². The van der Waals surface area contributed by atoms with Crippen molar-refractivity contribution >= 4 is 81.3 Å². The van der Waals surface area contributed by atoms with E-state index in [0.29, 0.717) is 0 Å². The zero-order valence-corrected chi connectivity index (χ0v) is 33.9. The van der Waals surface area contributed by atoms with E-state index in [1.807, 2.05) is 23.5 Å². The number of nitrogens with zero attached hydrogens (tertiary/aromatic N) is 1. The molecule has 12 aromatic rings. The number of thiophene rings is 1. The number of fused-ring (bicyclic) bond motifs is 7. The molecule has 2 nitrogen and oxygen atoms in total. The van der Waals surface area contributed by atoms with E-state index >= 15 is 0 Å². The van der Waals surface area contributed by atoms with Gasteiger partial charge in [-0.3, -0.25) is 0 Å². The molecule has 0 aliphatic rings. The Kier molecular flexibility index (Phi) is 8.39. The molecule has 0 aliphatic carbocycles. The summed E-state index contributed by atoms with van der Waals surface area (Å²) in [7, 11) is 0. The topological polar surface area (TPSA) is 16.4 Å². The number of para-hydroxylation sites is 2. The molecule has 0 radical (unpaired) electrons. The summed E-state index contributed by atoms with van der Waals surface area (Å²) in [5, 5.41) is 7.37. The van der Waals surface area contributed by atoms with Gasteiger partial charge in [-0.1, -0.05) is 158 Å². The van der Waals surface area contributed by atoms with Gasteiger partial charge in [0, 0.05) is 47.9 Å². The Hall–Kier alpha value is -7.72. The molecule has 0 spiro atoms. The molecule has 0 saturated carbocycles. The van der Waals surface area contributed by atoms with Gasteiger partial charge >= 0.3 is 0 Å². The SMILES string of the molecule is c1cc(-c2ccc(N(c3ccc(-c4ccc5oc6ccccc6c5c4)cc3)c3ccccc3-c3cccc4sc5ccccc5c34)cc2)cc(-c2cccc3ccccc23)c1. The van der Waals surface area contributed by atoms with Crippen molar-refractivity contribution in [1.29, 1.82) is 0 Å². The molecule has 0 fully saturated rings. The lowest BCUT2D eigenvalue weighted by molar-refractivity contribution is 0.669. The van der Waals surface area contributed by atoms with Crippen LogP contribution in [0, 0.1) is 0 Å². The molecule has 286 valence electrons. The Morgan fingerprint density at radius 2 is 0.885 bits per heavy atom. The lowest BCUT2D eigenvalue weighted by Crippen LogP contribution is -2.11. The van der Waals surface area contributed by atoms with Gasteiger partial charge in [-0.25, -0.2) is 0 Å². The number of hydrogen-bond donors (Lipinski definition) is 0. The van der Waals surface area contributed by atoms with Crippen molar-refractivity contribution < 1.29 is 4.42 Å². The highest BCUT2D eigenvalue weighted by Gasteiger charge is 2.20. The first-order valence-electron chi connectivity index (χ1n) is 20.7. The van der Waals surface area contributed by atoms with E-state index in [0.717, 1.165) is 50.1 Å². The molecular weight excluding hydrogens is 759 g/mol. The maximum Gasteiger partial charge on any atom is 0.135 e. The van der Waals surface area contributed by atoms with E-state index in [-0.39, 0.29) is 0 Å². The quantitative estimate of drug-likeness (QED) is 0.160. The fourth-order valence-electron chi connectivity index (χ4n) is 9.18. The summed E-state index contributed by atoms with van der Waals surface area (Å²) in [6.45, 7) is 0. The second-order valence-corrected chi connectivity index (χ2v) is 16.7. The minimum Gasteiger partial charge on any atom is -0.456 e. The Morgan fingerprint density at radius 3 is 1.72 bits per heavy atom. The Labute approximate surface area is 357 Å². The lowest BCUT2D eigenvalue weighted by atomic mass is 9.95. The summed E-state index contributed by atoms with van der Waals surface area (Å²) in [6, 6.07) is 81.3. The molecule has 0 atom stereocenters. The van der Waals surface area contributed by atoms with Gasteiger partial charge in [-0.2, -0.15) is 0 Å². The van der Waals surface area contributed by atoms with Crippen molar-refractivity contribution in [3.8, 4) is 44.5 Å². The van der Waals surface area contributed by atoms with Gasteiger partial charge in [0.05, 0.1) is 5.69 Å². The normalized spacial score (nSPS) is 11.6. The van der Waals surface area contributed by atoms with Gasteiger partial charge in [0.2, 0.25) is 0 Å². The largest absolute Gasteiger partial charge is 0.456 e. The summed E-state index contributed by atoms with van der Waals surface area (Å²) in [5.41, 5.74) is 14.6. The van der Waals surface area contributed by atoms with Gasteiger partial charge in [0.15, 0.2) is 0 Å². The average molecular weight is 796 g/mol. The van der Waals surface area contributed by atoms with Crippen LogP contribution in [-0.4, -0.2) is 0 Å². The number of anilines is 3. The second kappa shape index (κ2) is 14.5. The Balaban J connectivity index is 0.980. The first kappa shape index (κ1) is 35.2. The zero-order valence-electron chi connectivity index (χ0n) is 33.1. The van der Waals surface area contributed by atoms with Crippen LogP contribution in [0.5, 0.6) is 0 Å². The van der Waals surface area contributed by atoms with Crippen LogP contribution < -0.4 is 4.90 Å². The van der Waals surface area contributed by atoms with Crippen molar-refractivity contribution in [3.63, 3.8) is 0 Å². The molecule has 10 aromatic carbocycles. The van der Waals surface area contributed by atoms with Crippen molar-refractivity contribution in [2.24, 2.45) is 0 Å². The minimum absolute atomic E-state index is 0.904. The highest BCUT2D eigenvalue weighted by atomic mass is 32.1. The summed E-state index contributed by atoms with van der Waals surface area (Å²) < 4.78 is 8.75. The summed E-state index contributed by atoms with van der Waals surface area (Å²) >= 11 is 1.86. The molecule has 3 heteroatoms. The molecule has 0 bridgehead atoms. The van der Waals surface area contributed by atoms with E-state index < -0.39 is 0 Å². The molecular formula is C58H37NOS. The number of hydrogen-bond acceptors (Lipinski definition) is 3. The fraction of sp³-hybridized carbons (Fsp3) is 0. The molecule has 61 heavy (non-hydrogen) atoms. The maximum absolute atomic E-state index is 6.16. The average Bonchev–Trinajstić information content (AvgIpc) is 3.91. The summed E-state index contributed by atoms with van der Waals surface area (Å²) in [6.07, 6.45) is 0. The summed E-state index contributed by atoms with van der Waals surface area (Å²) in [4.78, 5) is 2.41. The third kappa shape index (κ3) is 6.09. The van der Waals surface area contributed by atoms with E-state index in [2.05, 4.69) is 217 Å². The highest BCUT2D eigenvalue weighted by molar-refractivity contribution is 7.25. The third-order valence-corrected chi connectivity index (χ3v) is 13.2. The predicted octanol–water partition coefficient (Wildman–Crippen LogP) is 17.2. The fourth-order valence-corrected chi connectivity index (χ4v) is 10.3. The van der Waals surface area contributed by atoms with Crippen LogP contribution in [0.3, 0.4) is 0 Å². The molecule has 0 amide bonds. The standard InChI is InChI=1S/C58H37NOS/c1-2-16-46-40(12-1)13-10-20-47(46)43-15-9-14-41(36-43)38-26-31-44(32-27-38)59(45-33-28-39(29-34-45)42-30-35-55-52(37-42)49-18-4-7-23-54(49)60-55)53-22-6-3-17-48(53)50-21-11-25-57-58(50)51-19-5-8-24-56(51)61-57/h1-37H. The molecule has 2 aromatic heterocycles. The highest BCUT2D eigenvalue weighted by Crippen LogP contribution is 2.46. The van der Waals surface area contributed by atoms with Crippen molar-refractivity contribution in [2.75, 3.05) is 4.90 Å². The molecule has 2 heterocycles. The monoisotopic (exact) mass is 795 g/mol. The molecule has 12 rings (SSSR count). The lowest BCUT2D eigenvalue weighted by Gasteiger charge is -2.28. The molecule has 0 unspecified atom stereocenters. The summed E-state index contributed by atoms with van der Waals surface area (Å²) in [5.74, 6) is 0. The van der Waals surface area contributed by atoms with Crippen molar-refractivity contribution in [3.05, 3.63) is 224 Å². The number of furan rings is 1. The second-order valence-electron chi connectivity index (χ2n) is 15.6. The Bertz CT molecular complexity index is 3590. The molecule has 0 aliphatic heterocycles. The van der Waals surface area contributed by atoms with Gasteiger partial charge in [0.1, 0.15) is 11.2 Å². The first-order chi connectivity index (χ1) is 30.2. The zero-order chi connectivity index (χ0) is 40.3. The van der Waals surface area contributed by atoms with Crippen LogP contribution in [-0.2, 0) is 0 Å². The third-order valence-electron chi connectivity index (χ3n) is 12.1. The van der Waals surface area contributed by atoms with E-state index in [4.69, 9.17) is 4.42 Å². The van der Waals surface area contributed by atoms with E-state index in [9.17, 15) is 0 Å². The van der Waals surface area contributed by atoms with Crippen molar-refractivity contribution in [2.45, 2.75) is 0 Å². The van der Waals surface area contributed by atoms with Crippen LogP contribution in [0.15, 0.2) is 229 Å². The van der Waals surface area contributed by atoms with Gasteiger partial charge < -0.3 is 9.32 Å². The van der Waals surface area contributed by atoms with Crippen LogP contribution in [0.25, 0.3) is 97.4 Å². The predicted molar refractivity (Wildman–Crippen MR) is 261 cm³/mol. The van der Waals surface area contributed by atoms with Gasteiger partial charge in [0.25, 0.3) is 0 Å². The van der Waals surface area contributed by atoms with E-state index in [1.54, 1.807) is 0 Å². The van der Waals surface area contributed by atoms with Gasteiger partial charge in [-0.05, 0) is 116 Å². The smallest absolute Gasteiger partial charge is 0.135 e. The first-order valence-corrected chi connectivity index (χ1v) is 21.6. The minimum atomic E-state index is 0.904. The van der Waals surface area contributed by atoms with Crippen LogP contribution in [0.2, 0.25) is 0 Å². The van der Waals surface area contributed by atoms with E-state index in [1.165, 1.54) is 64.3 Å². The van der Waals surface area contributed by atoms with Crippen molar-refractivity contribution in [1.82, 2.24) is 0 Å².